The van der Waals surface area contributed by atoms with Crippen LogP contribution in [0, 0.1) is 0 Å². The first-order valence-electron chi connectivity index (χ1n) is 11.7. The summed E-state index contributed by atoms with van der Waals surface area (Å²) in [5.74, 6) is 1.60. The summed E-state index contributed by atoms with van der Waals surface area (Å²) in [5.41, 5.74) is 3.63. The Morgan fingerprint density at radius 2 is 1.84 bits per heavy atom. The van der Waals surface area contributed by atoms with Crippen LogP contribution < -0.4 is 14.8 Å². The zero-order valence-electron chi connectivity index (χ0n) is 20.6. The first-order chi connectivity index (χ1) is 18.0. The van der Waals surface area contributed by atoms with Crippen LogP contribution in [-0.2, 0) is 6.54 Å². The van der Waals surface area contributed by atoms with E-state index in [9.17, 15) is 9.90 Å². The Morgan fingerprint density at radius 1 is 1.03 bits per heavy atom. The van der Waals surface area contributed by atoms with Gasteiger partial charge in [0, 0.05) is 11.3 Å². The van der Waals surface area contributed by atoms with Gasteiger partial charge in [-0.25, -0.2) is 4.79 Å². The van der Waals surface area contributed by atoms with Gasteiger partial charge in [0.1, 0.15) is 5.75 Å². The number of rotatable bonds is 7. The quantitative estimate of drug-likeness (QED) is 0.362. The summed E-state index contributed by atoms with van der Waals surface area (Å²) in [6.07, 6.45) is 0. The monoisotopic (exact) mass is 498 g/mol. The lowest BCUT2D eigenvalue weighted by molar-refractivity contribution is 0.203. The van der Waals surface area contributed by atoms with Crippen molar-refractivity contribution in [3.8, 4) is 28.6 Å². The number of nitrogens with zero attached hydrogens (tertiary/aromatic N) is 3. The van der Waals surface area contributed by atoms with Crippen LogP contribution in [0.5, 0.6) is 17.2 Å². The van der Waals surface area contributed by atoms with Crippen molar-refractivity contribution in [2.24, 2.45) is 0 Å². The molecule has 0 fully saturated rings. The van der Waals surface area contributed by atoms with Crippen LogP contribution in [0.1, 0.15) is 30.0 Å². The fraction of sp³-hybridized carbons (Fsp3) is 0.179. The van der Waals surface area contributed by atoms with E-state index in [-0.39, 0.29) is 17.7 Å². The van der Waals surface area contributed by atoms with Crippen molar-refractivity contribution in [1.82, 2.24) is 20.4 Å². The zero-order valence-corrected chi connectivity index (χ0v) is 20.6. The Hall–Kier alpha value is -4.79. The van der Waals surface area contributed by atoms with Gasteiger partial charge < -0.3 is 24.4 Å². The number of methoxy groups -OCH3 is 2. The summed E-state index contributed by atoms with van der Waals surface area (Å²) in [6, 6.07) is 21.1. The minimum Gasteiger partial charge on any atom is -0.504 e. The van der Waals surface area contributed by atoms with Crippen molar-refractivity contribution in [2.75, 3.05) is 14.2 Å². The molecule has 0 bridgehead atoms. The molecule has 4 aromatic rings. The van der Waals surface area contributed by atoms with Gasteiger partial charge in [0.2, 0.25) is 5.82 Å². The summed E-state index contributed by atoms with van der Waals surface area (Å²) in [4.78, 5) is 19.6. The zero-order chi connectivity index (χ0) is 25.9. The highest BCUT2D eigenvalue weighted by atomic mass is 16.5. The van der Waals surface area contributed by atoms with Crippen LogP contribution >= 0.6 is 0 Å². The molecule has 9 nitrogen and oxygen atoms in total. The molecule has 1 atom stereocenters. The van der Waals surface area contributed by atoms with Gasteiger partial charge in [-0.2, -0.15) is 4.98 Å². The van der Waals surface area contributed by atoms with Crippen molar-refractivity contribution in [3.05, 3.63) is 95.5 Å². The molecule has 2 heterocycles. The van der Waals surface area contributed by atoms with E-state index in [1.807, 2.05) is 61.5 Å². The molecule has 0 aliphatic carbocycles. The summed E-state index contributed by atoms with van der Waals surface area (Å²) < 4.78 is 16.2. The number of benzene rings is 3. The average molecular weight is 499 g/mol. The van der Waals surface area contributed by atoms with E-state index in [0.717, 1.165) is 11.1 Å². The maximum Gasteiger partial charge on any atom is 0.322 e. The second-order valence-electron chi connectivity index (χ2n) is 8.54. The average Bonchev–Trinajstić information content (AvgIpc) is 3.41. The van der Waals surface area contributed by atoms with Gasteiger partial charge in [0.05, 0.1) is 32.4 Å². The number of carbonyl (C=O) groups is 1. The number of ether oxygens (including phenoxy) is 2. The Kier molecular flexibility index (Phi) is 6.51. The molecule has 1 aliphatic heterocycles. The number of hydrogen-bond donors (Lipinski definition) is 2. The van der Waals surface area contributed by atoms with Gasteiger partial charge in [0.25, 0.3) is 5.89 Å². The molecule has 37 heavy (non-hydrogen) atoms. The molecule has 0 spiro atoms. The van der Waals surface area contributed by atoms with Crippen LogP contribution in [0.25, 0.3) is 17.0 Å². The van der Waals surface area contributed by atoms with Crippen LogP contribution in [-0.4, -0.2) is 40.4 Å². The molecule has 1 aliphatic rings. The van der Waals surface area contributed by atoms with Gasteiger partial charge in [-0.3, -0.25) is 4.90 Å². The van der Waals surface area contributed by atoms with Crippen molar-refractivity contribution < 1.29 is 23.9 Å². The minimum absolute atomic E-state index is 0.0411. The predicted octanol–water partition coefficient (Wildman–Crippen LogP) is 5.16. The number of amides is 2. The fourth-order valence-electron chi connectivity index (χ4n) is 4.36. The summed E-state index contributed by atoms with van der Waals surface area (Å²) >= 11 is 0. The third kappa shape index (κ3) is 4.71. The molecule has 1 unspecified atom stereocenters. The lowest BCUT2D eigenvalue weighted by atomic mass is 9.94. The first kappa shape index (κ1) is 23.9. The highest BCUT2D eigenvalue weighted by Gasteiger charge is 2.36. The molecule has 5 rings (SSSR count). The molecular weight excluding hydrogens is 472 g/mol. The molecule has 0 saturated carbocycles. The van der Waals surface area contributed by atoms with Crippen molar-refractivity contribution in [1.29, 1.82) is 0 Å². The summed E-state index contributed by atoms with van der Waals surface area (Å²) in [5, 5.41) is 17.7. The summed E-state index contributed by atoms with van der Waals surface area (Å²) in [6.45, 7) is 2.21. The smallest absolute Gasteiger partial charge is 0.322 e. The van der Waals surface area contributed by atoms with E-state index in [2.05, 4.69) is 15.5 Å². The molecular formula is C28H26N4O5. The molecule has 2 N–H and O–H groups in total. The number of urea groups is 1. The Labute approximate surface area is 214 Å². The van der Waals surface area contributed by atoms with Crippen LogP contribution in [0.4, 0.5) is 4.79 Å². The maximum atomic E-state index is 13.3. The Bertz CT molecular complexity index is 1460. The lowest BCUT2D eigenvalue weighted by Gasteiger charge is -2.35. The number of carbonyl (C=O) groups excluding carboxylic acids is 1. The largest absolute Gasteiger partial charge is 0.504 e. The number of phenols is 1. The van der Waals surface area contributed by atoms with Crippen LogP contribution in [0.15, 0.2) is 83.0 Å². The van der Waals surface area contributed by atoms with Gasteiger partial charge in [-0.05, 0) is 42.3 Å². The third-order valence-electron chi connectivity index (χ3n) is 6.30. The Balaban J connectivity index is 1.60. The number of aromatic hydroxyl groups is 1. The fourth-order valence-corrected chi connectivity index (χ4v) is 4.36. The molecule has 9 heteroatoms. The second-order valence-corrected chi connectivity index (χ2v) is 8.54. The van der Waals surface area contributed by atoms with E-state index in [1.165, 1.54) is 7.11 Å². The van der Waals surface area contributed by atoms with Gasteiger partial charge in [-0.1, -0.05) is 53.7 Å². The second kappa shape index (κ2) is 10.1. The van der Waals surface area contributed by atoms with E-state index < -0.39 is 6.04 Å². The molecule has 1 aromatic heterocycles. The Morgan fingerprint density at radius 3 is 2.57 bits per heavy atom. The minimum atomic E-state index is -0.644. The van der Waals surface area contributed by atoms with Gasteiger partial charge in [-0.15, -0.1) is 0 Å². The van der Waals surface area contributed by atoms with Crippen molar-refractivity contribution in [2.45, 2.75) is 19.5 Å². The standard InChI is InChI=1S/C28H26N4O5/c1-17-24(27-30-26(31-37-27)20-10-7-11-21(14-20)35-2)25(19-12-13-23(36-3)22(33)15-19)29-28(34)32(17)16-18-8-5-4-6-9-18/h4-15,25,33H,16H2,1-3H3,(H,29,34). The van der Waals surface area contributed by atoms with Gasteiger partial charge >= 0.3 is 6.03 Å². The number of nitrogens with one attached hydrogen (secondary N) is 1. The lowest BCUT2D eigenvalue weighted by Crippen LogP contribution is -2.45. The molecule has 3 aromatic carbocycles. The van der Waals surface area contributed by atoms with Crippen molar-refractivity contribution in [3.63, 3.8) is 0 Å². The SMILES string of the molecule is COc1cccc(-c2noc(C3=C(C)N(Cc4ccccc4)C(=O)NC3c3ccc(OC)c(O)c3)n2)c1. The number of hydrogen-bond acceptors (Lipinski definition) is 7. The normalized spacial score (nSPS) is 15.5. The van der Waals surface area contributed by atoms with E-state index in [1.54, 1.807) is 30.2 Å². The number of allylic oxidation sites excluding steroid dienone is 1. The van der Waals surface area contributed by atoms with E-state index in [0.29, 0.717) is 40.7 Å². The van der Waals surface area contributed by atoms with Crippen molar-refractivity contribution >= 4 is 11.6 Å². The highest BCUT2D eigenvalue weighted by molar-refractivity contribution is 5.87. The number of phenolic OH excluding ortho intramolecular Hbond substituents is 1. The third-order valence-corrected chi connectivity index (χ3v) is 6.30. The topological polar surface area (TPSA) is 110 Å². The predicted molar refractivity (Wildman–Crippen MR) is 137 cm³/mol. The van der Waals surface area contributed by atoms with E-state index in [4.69, 9.17) is 14.0 Å². The molecule has 188 valence electrons. The van der Waals surface area contributed by atoms with Crippen LogP contribution in [0.2, 0.25) is 0 Å². The molecule has 2 amide bonds. The molecule has 0 radical (unpaired) electrons. The number of aromatic nitrogens is 2. The van der Waals surface area contributed by atoms with Gasteiger partial charge in [0.15, 0.2) is 11.5 Å². The maximum absolute atomic E-state index is 13.3. The summed E-state index contributed by atoms with van der Waals surface area (Å²) in [7, 11) is 3.07. The molecule has 0 saturated heterocycles. The highest BCUT2D eigenvalue weighted by Crippen LogP contribution is 2.40. The van der Waals surface area contributed by atoms with Crippen LogP contribution in [0.3, 0.4) is 0 Å². The first-order valence-corrected chi connectivity index (χ1v) is 11.7. The van der Waals surface area contributed by atoms with E-state index >= 15 is 0 Å².